The summed E-state index contributed by atoms with van der Waals surface area (Å²) in [7, 11) is 1.35. The Bertz CT molecular complexity index is 619. The minimum absolute atomic E-state index is 0.118. The summed E-state index contributed by atoms with van der Waals surface area (Å²) in [6.45, 7) is 2.12. The van der Waals surface area contributed by atoms with Gasteiger partial charge in [0.25, 0.3) is 0 Å². The van der Waals surface area contributed by atoms with Crippen LogP contribution < -0.4 is 0 Å². The smallest absolute Gasteiger partial charge is 0.409 e. The van der Waals surface area contributed by atoms with Crippen LogP contribution in [0.2, 0.25) is 10.0 Å². The van der Waals surface area contributed by atoms with Gasteiger partial charge in [0.2, 0.25) is 5.91 Å². The molecule has 1 aliphatic rings. The van der Waals surface area contributed by atoms with Crippen LogP contribution >= 0.6 is 23.2 Å². The lowest BCUT2D eigenvalue weighted by Gasteiger charge is -2.20. The highest BCUT2D eigenvalue weighted by atomic mass is 35.5. The quantitative estimate of drug-likeness (QED) is 0.763. The van der Waals surface area contributed by atoms with E-state index in [1.54, 1.807) is 34.1 Å². The molecule has 2 amide bonds. The summed E-state index contributed by atoms with van der Waals surface area (Å²) in [5.74, 6) is -0.118. The second-order valence-corrected chi connectivity index (χ2v) is 5.98. The molecule has 2 rings (SSSR count). The average molecular weight is 357 g/mol. The van der Waals surface area contributed by atoms with E-state index in [-0.39, 0.29) is 12.0 Å². The van der Waals surface area contributed by atoms with Crippen molar-refractivity contribution in [2.75, 3.05) is 33.3 Å². The number of carbonyl (C=O) groups excluding carboxylic acids is 2. The summed E-state index contributed by atoms with van der Waals surface area (Å²) in [5.41, 5.74) is 0.693. The fraction of sp³-hybridized carbons (Fsp3) is 0.375. The van der Waals surface area contributed by atoms with Gasteiger partial charge in [-0.2, -0.15) is 0 Å². The molecule has 124 valence electrons. The number of nitrogens with zero attached hydrogens (tertiary/aromatic N) is 2. The molecular weight excluding hydrogens is 339 g/mol. The number of hydrogen-bond acceptors (Lipinski definition) is 3. The van der Waals surface area contributed by atoms with E-state index in [0.717, 1.165) is 0 Å². The molecule has 0 spiro atoms. The molecule has 1 heterocycles. The maximum Gasteiger partial charge on any atom is 0.409 e. The van der Waals surface area contributed by atoms with Gasteiger partial charge >= 0.3 is 6.09 Å². The third-order valence-corrected chi connectivity index (χ3v) is 4.18. The summed E-state index contributed by atoms with van der Waals surface area (Å²) in [6.07, 6.45) is 3.48. The molecule has 1 aliphatic heterocycles. The number of rotatable bonds is 2. The number of methoxy groups -OCH3 is 1. The maximum atomic E-state index is 12.3. The van der Waals surface area contributed by atoms with Crippen LogP contribution in [0.25, 0.3) is 6.08 Å². The Kier molecular flexibility index (Phi) is 6.30. The van der Waals surface area contributed by atoms with Gasteiger partial charge in [0, 0.05) is 42.3 Å². The topological polar surface area (TPSA) is 49.9 Å². The summed E-state index contributed by atoms with van der Waals surface area (Å²) < 4.78 is 4.71. The second-order valence-electron chi connectivity index (χ2n) is 5.14. The Morgan fingerprint density at radius 1 is 1.13 bits per heavy atom. The zero-order valence-corrected chi connectivity index (χ0v) is 14.3. The predicted octanol–water partition coefficient (Wildman–Crippen LogP) is 3.31. The molecule has 7 heteroatoms. The van der Waals surface area contributed by atoms with E-state index in [4.69, 9.17) is 27.9 Å². The van der Waals surface area contributed by atoms with Crippen LogP contribution in [0.15, 0.2) is 24.3 Å². The zero-order chi connectivity index (χ0) is 16.8. The van der Waals surface area contributed by atoms with Crippen molar-refractivity contribution in [3.8, 4) is 0 Å². The largest absolute Gasteiger partial charge is 0.453 e. The number of ether oxygens (including phenoxy) is 1. The van der Waals surface area contributed by atoms with Crippen molar-refractivity contribution in [3.63, 3.8) is 0 Å². The number of carbonyl (C=O) groups is 2. The third-order valence-electron chi connectivity index (χ3n) is 3.60. The first kappa shape index (κ1) is 17.6. The van der Waals surface area contributed by atoms with Crippen LogP contribution in [-0.4, -0.2) is 55.1 Å². The van der Waals surface area contributed by atoms with Crippen LogP contribution in [0.4, 0.5) is 4.79 Å². The van der Waals surface area contributed by atoms with Crippen molar-refractivity contribution < 1.29 is 14.3 Å². The summed E-state index contributed by atoms with van der Waals surface area (Å²) >= 11 is 12.0. The van der Waals surface area contributed by atoms with Gasteiger partial charge in [-0.05, 0) is 36.3 Å². The van der Waals surface area contributed by atoms with Gasteiger partial charge in [0.05, 0.1) is 7.11 Å². The molecule has 0 N–H and O–H groups in total. The molecule has 0 bridgehead atoms. The fourth-order valence-electron chi connectivity index (χ4n) is 2.36. The Labute approximate surface area is 145 Å². The lowest BCUT2D eigenvalue weighted by Crippen LogP contribution is -2.36. The van der Waals surface area contributed by atoms with Gasteiger partial charge in [-0.1, -0.05) is 23.2 Å². The van der Waals surface area contributed by atoms with E-state index < -0.39 is 0 Å². The molecule has 1 aromatic rings. The summed E-state index contributed by atoms with van der Waals surface area (Å²) in [5, 5.41) is 1.09. The maximum absolute atomic E-state index is 12.3. The molecule has 0 unspecified atom stereocenters. The molecule has 0 aromatic heterocycles. The molecular formula is C16H18Cl2N2O3. The van der Waals surface area contributed by atoms with Crippen LogP contribution in [0, 0.1) is 0 Å². The van der Waals surface area contributed by atoms with E-state index >= 15 is 0 Å². The van der Waals surface area contributed by atoms with Gasteiger partial charge in [0.1, 0.15) is 0 Å². The Morgan fingerprint density at radius 3 is 2.57 bits per heavy atom. The van der Waals surface area contributed by atoms with Crippen LogP contribution in [-0.2, 0) is 9.53 Å². The van der Waals surface area contributed by atoms with Crippen molar-refractivity contribution in [3.05, 3.63) is 39.9 Å². The first-order valence-electron chi connectivity index (χ1n) is 7.26. The normalized spacial score (nSPS) is 15.6. The van der Waals surface area contributed by atoms with Gasteiger partial charge in [-0.25, -0.2) is 4.79 Å². The highest BCUT2D eigenvalue weighted by Gasteiger charge is 2.21. The molecule has 0 aliphatic carbocycles. The zero-order valence-electron chi connectivity index (χ0n) is 12.8. The van der Waals surface area contributed by atoms with Crippen LogP contribution in [0.5, 0.6) is 0 Å². The van der Waals surface area contributed by atoms with E-state index in [9.17, 15) is 9.59 Å². The Balaban J connectivity index is 1.99. The molecule has 1 saturated heterocycles. The van der Waals surface area contributed by atoms with E-state index in [1.807, 2.05) is 0 Å². The lowest BCUT2D eigenvalue weighted by atomic mass is 10.2. The van der Waals surface area contributed by atoms with E-state index in [2.05, 4.69) is 0 Å². The van der Waals surface area contributed by atoms with Crippen molar-refractivity contribution in [2.24, 2.45) is 0 Å². The predicted molar refractivity (Wildman–Crippen MR) is 90.7 cm³/mol. The minimum Gasteiger partial charge on any atom is -0.453 e. The standard InChI is InChI=1S/C16H18Cl2N2O3/c1-23-16(22)20-8-2-7-19(9-10-20)15(21)6-3-12-11-13(17)4-5-14(12)18/h3-6,11H,2,7-10H2,1H3/b6-3+. The van der Waals surface area contributed by atoms with Crippen LogP contribution in [0.1, 0.15) is 12.0 Å². The lowest BCUT2D eigenvalue weighted by molar-refractivity contribution is -0.125. The van der Waals surface area contributed by atoms with Gasteiger partial charge in [0.15, 0.2) is 0 Å². The molecule has 0 saturated carbocycles. The Morgan fingerprint density at radius 2 is 1.83 bits per heavy atom. The SMILES string of the molecule is COC(=O)N1CCCN(C(=O)/C=C/c2cc(Cl)ccc2Cl)CC1. The highest BCUT2D eigenvalue weighted by Crippen LogP contribution is 2.21. The second kappa shape index (κ2) is 8.22. The van der Waals surface area contributed by atoms with Gasteiger partial charge in [-0.15, -0.1) is 0 Å². The number of amides is 2. The van der Waals surface area contributed by atoms with Crippen molar-refractivity contribution in [1.29, 1.82) is 0 Å². The first-order valence-corrected chi connectivity index (χ1v) is 8.02. The monoisotopic (exact) mass is 356 g/mol. The van der Waals surface area contributed by atoms with E-state index in [0.29, 0.717) is 48.2 Å². The number of hydrogen-bond donors (Lipinski definition) is 0. The van der Waals surface area contributed by atoms with E-state index in [1.165, 1.54) is 13.2 Å². The van der Waals surface area contributed by atoms with Crippen LogP contribution in [0.3, 0.4) is 0 Å². The molecule has 0 radical (unpaired) electrons. The fourth-order valence-corrected chi connectivity index (χ4v) is 2.72. The minimum atomic E-state index is -0.361. The number of benzene rings is 1. The molecule has 1 aromatic carbocycles. The summed E-state index contributed by atoms with van der Waals surface area (Å²) in [4.78, 5) is 27.1. The van der Waals surface area contributed by atoms with Crippen molar-refractivity contribution >= 4 is 41.3 Å². The molecule has 23 heavy (non-hydrogen) atoms. The third kappa shape index (κ3) is 4.88. The molecule has 0 atom stereocenters. The first-order chi connectivity index (χ1) is 11.0. The Hall–Kier alpha value is -1.72. The molecule has 5 nitrogen and oxygen atoms in total. The van der Waals surface area contributed by atoms with Gasteiger partial charge < -0.3 is 14.5 Å². The highest BCUT2D eigenvalue weighted by molar-refractivity contribution is 6.34. The number of halogens is 2. The van der Waals surface area contributed by atoms with Crippen molar-refractivity contribution in [2.45, 2.75) is 6.42 Å². The summed E-state index contributed by atoms with van der Waals surface area (Å²) in [6, 6.07) is 5.09. The average Bonchev–Trinajstić information content (AvgIpc) is 2.80. The van der Waals surface area contributed by atoms with Gasteiger partial charge in [-0.3, -0.25) is 4.79 Å². The molecule has 1 fully saturated rings. The van der Waals surface area contributed by atoms with Crippen molar-refractivity contribution in [1.82, 2.24) is 9.80 Å².